The molecule has 2 saturated heterocycles. The van der Waals surface area contributed by atoms with Crippen molar-refractivity contribution in [3.8, 4) is 0 Å². The fourth-order valence-electron chi connectivity index (χ4n) is 3.10. The molecule has 0 bridgehead atoms. The van der Waals surface area contributed by atoms with Crippen molar-refractivity contribution in [2.75, 3.05) is 26.2 Å². The Morgan fingerprint density at radius 3 is 2.63 bits per heavy atom. The van der Waals surface area contributed by atoms with Crippen LogP contribution in [0.5, 0.6) is 0 Å². The molecule has 1 N–H and O–H groups in total. The lowest BCUT2D eigenvalue weighted by atomic mass is 9.96. The van der Waals surface area contributed by atoms with Crippen LogP contribution >= 0.6 is 0 Å². The zero-order valence-corrected chi connectivity index (χ0v) is 11.8. The first-order valence-electron chi connectivity index (χ1n) is 7.39. The van der Waals surface area contributed by atoms with E-state index in [9.17, 15) is 9.59 Å². The van der Waals surface area contributed by atoms with E-state index in [-0.39, 0.29) is 29.8 Å². The number of piperazine rings is 2. The average molecular weight is 265 g/mol. The first kappa shape index (κ1) is 12.9. The Labute approximate surface area is 114 Å². The molecule has 2 atom stereocenters. The second kappa shape index (κ2) is 4.78. The van der Waals surface area contributed by atoms with Gasteiger partial charge in [0, 0.05) is 26.2 Å². The van der Waals surface area contributed by atoms with Gasteiger partial charge in [-0.15, -0.1) is 0 Å². The van der Waals surface area contributed by atoms with Crippen molar-refractivity contribution < 1.29 is 9.59 Å². The Balaban J connectivity index is 1.68. The number of nitrogens with one attached hydrogen (secondary N) is 1. The summed E-state index contributed by atoms with van der Waals surface area (Å²) in [5, 5.41) is 2.90. The summed E-state index contributed by atoms with van der Waals surface area (Å²) >= 11 is 0. The number of carbonyl (C=O) groups excluding carboxylic acids is 2. The van der Waals surface area contributed by atoms with Crippen LogP contribution in [0.4, 0.5) is 0 Å². The Bertz CT molecular complexity index is 392. The molecule has 5 nitrogen and oxygen atoms in total. The highest BCUT2D eigenvalue weighted by Crippen LogP contribution is 2.30. The van der Waals surface area contributed by atoms with Crippen LogP contribution in [-0.2, 0) is 9.59 Å². The molecule has 0 aromatic rings. The Morgan fingerprint density at radius 2 is 2.00 bits per heavy atom. The van der Waals surface area contributed by atoms with Crippen molar-refractivity contribution in [3.05, 3.63) is 0 Å². The zero-order valence-electron chi connectivity index (χ0n) is 11.8. The molecule has 2 amide bonds. The van der Waals surface area contributed by atoms with E-state index in [4.69, 9.17) is 0 Å². The molecule has 0 aromatic carbocycles. The summed E-state index contributed by atoms with van der Waals surface area (Å²) < 4.78 is 0. The number of fused-ring (bicyclic) bond motifs is 1. The largest absolute Gasteiger partial charge is 0.342 e. The van der Waals surface area contributed by atoms with E-state index in [1.54, 1.807) is 4.90 Å². The second-order valence-corrected chi connectivity index (χ2v) is 6.48. The lowest BCUT2D eigenvalue weighted by Gasteiger charge is -2.46. The molecule has 19 heavy (non-hydrogen) atoms. The van der Waals surface area contributed by atoms with Gasteiger partial charge in [-0.3, -0.25) is 14.5 Å². The standard InChI is InChI=1S/C14H23N3O2/c1-9(2)12-14(19)17-6-5-16(7-10-3-4-10)8-11(17)13(18)15-12/h9-12H,3-8H2,1-2H3,(H,15,18)/t11-,12+/m1/s1. The van der Waals surface area contributed by atoms with Crippen molar-refractivity contribution in [2.24, 2.45) is 11.8 Å². The molecular formula is C14H23N3O2. The van der Waals surface area contributed by atoms with Crippen LogP contribution in [0.2, 0.25) is 0 Å². The van der Waals surface area contributed by atoms with Crippen LogP contribution in [0.1, 0.15) is 26.7 Å². The summed E-state index contributed by atoms with van der Waals surface area (Å²) in [7, 11) is 0. The maximum Gasteiger partial charge on any atom is 0.246 e. The first-order chi connectivity index (χ1) is 9.06. The van der Waals surface area contributed by atoms with Gasteiger partial charge in [0.25, 0.3) is 0 Å². The summed E-state index contributed by atoms with van der Waals surface area (Å²) in [4.78, 5) is 28.7. The summed E-state index contributed by atoms with van der Waals surface area (Å²) in [6.45, 7) is 7.38. The van der Waals surface area contributed by atoms with Gasteiger partial charge >= 0.3 is 0 Å². The molecule has 106 valence electrons. The highest BCUT2D eigenvalue weighted by atomic mass is 16.2. The van der Waals surface area contributed by atoms with Crippen LogP contribution in [0, 0.1) is 11.8 Å². The average Bonchev–Trinajstić information content (AvgIpc) is 3.17. The molecule has 0 radical (unpaired) electrons. The summed E-state index contributed by atoms with van der Waals surface area (Å²) in [6, 6.07) is -0.603. The number of rotatable bonds is 3. The molecular weight excluding hydrogens is 242 g/mol. The van der Waals surface area contributed by atoms with Crippen LogP contribution in [0.25, 0.3) is 0 Å². The maximum atomic E-state index is 12.4. The van der Waals surface area contributed by atoms with Crippen molar-refractivity contribution in [1.82, 2.24) is 15.1 Å². The van der Waals surface area contributed by atoms with Crippen LogP contribution in [0.15, 0.2) is 0 Å². The van der Waals surface area contributed by atoms with Crippen molar-refractivity contribution in [1.29, 1.82) is 0 Å². The molecule has 5 heteroatoms. The third-order valence-electron chi connectivity index (χ3n) is 4.49. The van der Waals surface area contributed by atoms with E-state index in [2.05, 4.69) is 10.2 Å². The summed E-state index contributed by atoms with van der Waals surface area (Å²) in [6.07, 6.45) is 2.65. The molecule has 1 aliphatic carbocycles. The number of amides is 2. The predicted octanol–water partition coefficient (Wildman–Crippen LogP) is 0.0636. The fraction of sp³-hybridized carbons (Fsp3) is 0.857. The van der Waals surface area contributed by atoms with Crippen LogP contribution in [0.3, 0.4) is 0 Å². The van der Waals surface area contributed by atoms with Gasteiger partial charge in [-0.1, -0.05) is 13.8 Å². The van der Waals surface area contributed by atoms with E-state index in [1.807, 2.05) is 13.8 Å². The molecule has 0 aromatic heterocycles. The zero-order chi connectivity index (χ0) is 13.6. The molecule has 0 unspecified atom stereocenters. The number of hydrogen-bond acceptors (Lipinski definition) is 3. The Hall–Kier alpha value is -1.10. The molecule has 2 heterocycles. The quantitative estimate of drug-likeness (QED) is 0.785. The van der Waals surface area contributed by atoms with Crippen molar-refractivity contribution in [3.63, 3.8) is 0 Å². The van der Waals surface area contributed by atoms with Gasteiger partial charge in [0.1, 0.15) is 12.1 Å². The van der Waals surface area contributed by atoms with E-state index in [0.29, 0.717) is 13.1 Å². The minimum absolute atomic E-state index is 0.0267. The third kappa shape index (κ3) is 2.48. The second-order valence-electron chi connectivity index (χ2n) is 6.48. The van der Waals surface area contributed by atoms with E-state index >= 15 is 0 Å². The van der Waals surface area contributed by atoms with Crippen molar-refractivity contribution >= 4 is 11.8 Å². The van der Waals surface area contributed by atoms with Gasteiger partial charge in [0.05, 0.1) is 0 Å². The van der Waals surface area contributed by atoms with E-state index < -0.39 is 0 Å². The lowest BCUT2D eigenvalue weighted by molar-refractivity contribution is -0.154. The number of hydrogen-bond donors (Lipinski definition) is 1. The highest BCUT2D eigenvalue weighted by Gasteiger charge is 2.44. The van der Waals surface area contributed by atoms with Gasteiger partial charge < -0.3 is 10.2 Å². The fourth-order valence-corrected chi connectivity index (χ4v) is 3.10. The lowest BCUT2D eigenvalue weighted by Crippen LogP contribution is -2.70. The monoisotopic (exact) mass is 265 g/mol. The molecule has 3 fully saturated rings. The maximum absolute atomic E-state index is 12.4. The highest BCUT2D eigenvalue weighted by molar-refractivity contribution is 5.97. The minimum Gasteiger partial charge on any atom is -0.342 e. The number of carbonyl (C=O) groups is 2. The van der Waals surface area contributed by atoms with Crippen LogP contribution < -0.4 is 5.32 Å². The van der Waals surface area contributed by atoms with Crippen molar-refractivity contribution in [2.45, 2.75) is 38.8 Å². The first-order valence-corrected chi connectivity index (χ1v) is 7.39. The van der Waals surface area contributed by atoms with Gasteiger partial charge in [0.15, 0.2) is 0 Å². The third-order valence-corrected chi connectivity index (χ3v) is 4.49. The minimum atomic E-state index is -0.335. The van der Waals surface area contributed by atoms with Gasteiger partial charge in [-0.05, 0) is 24.7 Å². The Kier molecular flexibility index (Phi) is 3.25. The molecule has 1 saturated carbocycles. The van der Waals surface area contributed by atoms with E-state index in [1.165, 1.54) is 12.8 Å². The smallest absolute Gasteiger partial charge is 0.246 e. The topological polar surface area (TPSA) is 52.7 Å². The molecule has 2 aliphatic heterocycles. The Morgan fingerprint density at radius 1 is 1.26 bits per heavy atom. The molecule has 3 aliphatic rings. The van der Waals surface area contributed by atoms with Gasteiger partial charge in [-0.25, -0.2) is 0 Å². The summed E-state index contributed by atoms with van der Waals surface area (Å²) in [5.41, 5.74) is 0. The number of nitrogens with zero attached hydrogens (tertiary/aromatic N) is 2. The van der Waals surface area contributed by atoms with E-state index in [0.717, 1.165) is 19.0 Å². The van der Waals surface area contributed by atoms with Gasteiger partial charge in [0.2, 0.25) is 11.8 Å². The molecule has 0 spiro atoms. The van der Waals surface area contributed by atoms with Gasteiger partial charge in [-0.2, -0.15) is 0 Å². The normalized spacial score (nSPS) is 32.5. The molecule has 3 rings (SSSR count). The SMILES string of the molecule is CC(C)[C@@H]1NC(=O)[C@H]2CN(CC3CC3)CCN2C1=O. The summed E-state index contributed by atoms with van der Waals surface area (Å²) in [5.74, 6) is 1.11. The predicted molar refractivity (Wildman–Crippen MR) is 71.4 cm³/mol. The van der Waals surface area contributed by atoms with Crippen LogP contribution in [-0.4, -0.2) is 59.9 Å².